The lowest BCUT2D eigenvalue weighted by molar-refractivity contribution is -0.144. The van der Waals surface area contributed by atoms with Gasteiger partial charge in [-0.15, -0.1) is 11.8 Å². The quantitative estimate of drug-likeness (QED) is 0.794. The molecule has 5 nitrogen and oxygen atoms in total. The van der Waals surface area contributed by atoms with Gasteiger partial charge in [0.05, 0.1) is 26.7 Å². The average molecular weight is 389 g/mol. The molecule has 0 bridgehead atoms. The summed E-state index contributed by atoms with van der Waals surface area (Å²) in [6, 6.07) is 11.3. The molecule has 1 N–H and O–H groups in total. The Morgan fingerprint density at radius 3 is 2.56 bits per heavy atom. The summed E-state index contributed by atoms with van der Waals surface area (Å²) in [6.45, 7) is 1.97. The highest BCUT2D eigenvalue weighted by atomic mass is 32.2. The van der Waals surface area contributed by atoms with Crippen LogP contribution in [0.4, 0.5) is 4.39 Å². The smallest absolute Gasteiger partial charge is 0.325 e. The van der Waals surface area contributed by atoms with E-state index in [1.165, 1.54) is 38.1 Å². The molecule has 0 spiro atoms. The van der Waals surface area contributed by atoms with E-state index < -0.39 is 22.6 Å². The second-order valence-electron chi connectivity index (χ2n) is 6.37. The van der Waals surface area contributed by atoms with Crippen molar-refractivity contribution in [3.05, 3.63) is 59.4 Å². The third-order valence-electron chi connectivity index (χ3n) is 4.56. The maximum Gasteiger partial charge on any atom is 0.325 e. The summed E-state index contributed by atoms with van der Waals surface area (Å²) in [5.41, 5.74) is 1.66. The highest BCUT2D eigenvalue weighted by Crippen LogP contribution is 2.49. The summed E-state index contributed by atoms with van der Waals surface area (Å²) in [7, 11) is 2.66. The van der Waals surface area contributed by atoms with E-state index in [0.29, 0.717) is 5.56 Å². The number of halogens is 1. The Balaban J connectivity index is 2.07. The number of amides is 1. The lowest BCUT2D eigenvalue weighted by atomic mass is 9.93. The second kappa shape index (κ2) is 7.60. The minimum absolute atomic E-state index is 0.0391. The Morgan fingerprint density at radius 2 is 1.93 bits per heavy atom. The van der Waals surface area contributed by atoms with Crippen LogP contribution in [0.3, 0.4) is 0 Å². The Kier molecular flexibility index (Phi) is 5.41. The fourth-order valence-corrected chi connectivity index (χ4v) is 4.57. The summed E-state index contributed by atoms with van der Waals surface area (Å²) in [5, 5.41) is 2.84. The first-order valence-corrected chi connectivity index (χ1v) is 9.18. The number of ether oxygens (including phenoxy) is 2. The largest absolute Gasteiger partial charge is 0.494 e. The van der Waals surface area contributed by atoms with E-state index in [2.05, 4.69) is 5.32 Å². The number of carbonyl (C=O) groups is 2. The molecule has 0 radical (unpaired) electrons. The summed E-state index contributed by atoms with van der Waals surface area (Å²) < 4.78 is 22.7. The number of benzene rings is 2. The SMILES string of the molecule is COC(=O)[C@@]1(Sc2ccc(C)cc2)CC(=O)N[C@@H]1c1ccc(F)c(OC)c1. The first kappa shape index (κ1) is 19.2. The van der Waals surface area contributed by atoms with Crippen LogP contribution >= 0.6 is 11.8 Å². The molecule has 1 saturated heterocycles. The van der Waals surface area contributed by atoms with Crippen LogP contribution in [0.5, 0.6) is 5.75 Å². The van der Waals surface area contributed by atoms with Gasteiger partial charge in [-0.2, -0.15) is 0 Å². The van der Waals surface area contributed by atoms with Crippen molar-refractivity contribution in [1.82, 2.24) is 5.32 Å². The van der Waals surface area contributed by atoms with Gasteiger partial charge in [0.15, 0.2) is 16.3 Å². The van der Waals surface area contributed by atoms with Gasteiger partial charge in [0, 0.05) is 4.90 Å². The van der Waals surface area contributed by atoms with Crippen LogP contribution < -0.4 is 10.1 Å². The number of esters is 1. The Bertz CT molecular complexity index is 871. The minimum Gasteiger partial charge on any atom is -0.494 e. The standard InChI is InChI=1S/C20H20FNO4S/c1-12-4-7-14(8-5-12)27-20(19(24)26-3)11-17(23)22-18(20)13-6-9-15(21)16(10-13)25-2/h4-10,18H,11H2,1-3H3,(H,22,23)/t18-,20-/m1/s1. The summed E-state index contributed by atoms with van der Waals surface area (Å²) in [6.07, 6.45) is -0.0391. The first-order chi connectivity index (χ1) is 12.9. The average Bonchev–Trinajstić information content (AvgIpc) is 3.00. The van der Waals surface area contributed by atoms with E-state index in [-0.39, 0.29) is 18.1 Å². The van der Waals surface area contributed by atoms with Gasteiger partial charge in [0.25, 0.3) is 0 Å². The van der Waals surface area contributed by atoms with Crippen molar-refractivity contribution >= 4 is 23.6 Å². The Morgan fingerprint density at radius 1 is 1.22 bits per heavy atom. The maximum atomic E-state index is 13.8. The van der Waals surface area contributed by atoms with Crippen molar-refractivity contribution in [2.45, 2.75) is 29.0 Å². The molecule has 0 aromatic heterocycles. The summed E-state index contributed by atoms with van der Waals surface area (Å²) in [4.78, 5) is 25.9. The molecule has 1 amide bonds. The molecule has 0 unspecified atom stereocenters. The molecule has 0 saturated carbocycles. The Hall–Kier alpha value is -2.54. The van der Waals surface area contributed by atoms with Gasteiger partial charge >= 0.3 is 5.97 Å². The van der Waals surface area contributed by atoms with Crippen LogP contribution in [0.15, 0.2) is 47.4 Å². The summed E-state index contributed by atoms with van der Waals surface area (Å²) >= 11 is 1.27. The van der Waals surface area contributed by atoms with Gasteiger partial charge < -0.3 is 14.8 Å². The minimum atomic E-state index is -1.20. The molecular formula is C20H20FNO4S. The van der Waals surface area contributed by atoms with Gasteiger partial charge in [-0.3, -0.25) is 9.59 Å². The number of hydrogen-bond donors (Lipinski definition) is 1. The number of thioether (sulfide) groups is 1. The zero-order valence-corrected chi connectivity index (χ0v) is 16.1. The van der Waals surface area contributed by atoms with E-state index in [4.69, 9.17) is 9.47 Å². The van der Waals surface area contributed by atoms with Crippen LogP contribution in [-0.2, 0) is 14.3 Å². The molecule has 1 aliphatic heterocycles. The molecular weight excluding hydrogens is 369 g/mol. The van der Waals surface area contributed by atoms with E-state index in [1.807, 2.05) is 31.2 Å². The fraction of sp³-hybridized carbons (Fsp3) is 0.300. The predicted molar refractivity (Wildman–Crippen MR) is 100 cm³/mol. The number of hydrogen-bond acceptors (Lipinski definition) is 5. The predicted octanol–water partition coefficient (Wildman–Crippen LogP) is 3.41. The lowest BCUT2D eigenvalue weighted by Crippen LogP contribution is -2.41. The highest BCUT2D eigenvalue weighted by molar-refractivity contribution is 8.01. The van der Waals surface area contributed by atoms with Crippen molar-refractivity contribution in [1.29, 1.82) is 0 Å². The third kappa shape index (κ3) is 3.64. The van der Waals surface area contributed by atoms with Crippen LogP contribution in [0.1, 0.15) is 23.6 Å². The van der Waals surface area contributed by atoms with Gasteiger partial charge in [0.1, 0.15) is 0 Å². The van der Waals surface area contributed by atoms with Crippen LogP contribution in [-0.4, -0.2) is 30.8 Å². The van der Waals surface area contributed by atoms with E-state index in [1.54, 1.807) is 6.07 Å². The Labute approximate surface area is 161 Å². The normalized spacial score (nSPS) is 21.6. The second-order valence-corrected chi connectivity index (χ2v) is 7.77. The van der Waals surface area contributed by atoms with E-state index in [9.17, 15) is 14.0 Å². The lowest BCUT2D eigenvalue weighted by Gasteiger charge is -2.31. The van der Waals surface area contributed by atoms with Crippen molar-refractivity contribution in [2.24, 2.45) is 0 Å². The third-order valence-corrected chi connectivity index (χ3v) is 5.97. The number of carbonyl (C=O) groups excluding carboxylic acids is 2. The van der Waals surface area contributed by atoms with E-state index >= 15 is 0 Å². The van der Waals surface area contributed by atoms with Crippen LogP contribution in [0, 0.1) is 12.7 Å². The molecule has 27 heavy (non-hydrogen) atoms. The molecule has 7 heteroatoms. The molecule has 2 aromatic carbocycles. The number of nitrogens with one attached hydrogen (secondary N) is 1. The topological polar surface area (TPSA) is 64.6 Å². The molecule has 142 valence electrons. The van der Waals surface area contributed by atoms with E-state index in [0.717, 1.165) is 10.5 Å². The van der Waals surface area contributed by atoms with Crippen LogP contribution in [0.2, 0.25) is 0 Å². The molecule has 2 atom stereocenters. The van der Waals surface area contributed by atoms with Gasteiger partial charge in [-0.05, 0) is 36.8 Å². The van der Waals surface area contributed by atoms with Gasteiger partial charge in [0.2, 0.25) is 5.91 Å². The zero-order valence-electron chi connectivity index (χ0n) is 15.2. The highest BCUT2D eigenvalue weighted by Gasteiger charge is 2.55. The molecule has 2 aromatic rings. The van der Waals surface area contributed by atoms with Crippen molar-refractivity contribution in [3.63, 3.8) is 0 Å². The molecule has 1 fully saturated rings. The number of aryl methyl sites for hydroxylation is 1. The van der Waals surface area contributed by atoms with Crippen molar-refractivity contribution in [3.8, 4) is 5.75 Å². The fourth-order valence-electron chi connectivity index (χ4n) is 3.19. The monoisotopic (exact) mass is 389 g/mol. The first-order valence-electron chi connectivity index (χ1n) is 8.36. The molecule has 0 aliphatic carbocycles. The molecule has 1 aliphatic rings. The number of rotatable bonds is 5. The zero-order chi connectivity index (χ0) is 19.6. The molecule has 1 heterocycles. The van der Waals surface area contributed by atoms with Gasteiger partial charge in [-0.25, -0.2) is 4.39 Å². The number of methoxy groups -OCH3 is 2. The summed E-state index contributed by atoms with van der Waals surface area (Å²) in [5.74, 6) is -1.25. The van der Waals surface area contributed by atoms with Crippen molar-refractivity contribution in [2.75, 3.05) is 14.2 Å². The van der Waals surface area contributed by atoms with Crippen LogP contribution in [0.25, 0.3) is 0 Å². The van der Waals surface area contributed by atoms with Crippen molar-refractivity contribution < 1.29 is 23.5 Å². The maximum absolute atomic E-state index is 13.8. The van der Waals surface area contributed by atoms with Gasteiger partial charge in [-0.1, -0.05) is 23.8 Å². The molecule has 3 rings (SSSR count).